The van der Waals surface area contributed by atoms with Crippen LogP contribution in [0.1, 0.15) is 44.6 Å². The maximum Gasteiger partial charge on any atom is 0.325 e. The van der Waals surface area contributed by atoms with E-state index >= 15 is 0 Å². The van der Waals surface area contributed by atoms with Gasteiger partial charge in [0.1, 0.15) is 6.54 Å². The van der Waals surface area contributed by atoms with Crippen LogP contribution in [0.3, 0.4) is 0 Å². The average Bonchev–Trinajstić information content (AvgIpc) is 2.51. The molecule has 0 fully saturated rings. The van der Waals surface area contributed by atoms with Crippen LogP contribution in [0.4, 0.5) is 0 Å². The van der Waals surface area contributed by atoms with Crippen LogP contribution in [0, 0.1) is 5.92 Å². The van der Waals surface area contributed by atoms with E-state index < -0.39 is 17.8 Å². The van der Waals surface area contributed by atoms with Crippen molar-refractivity contribution in [3.8, 4) is 11.5 Å². The molecule has 0 aliphatic rings. The van der Waals surface area contributed by atoms with E-state index in [1.807, 2.05) is 13.8 Å². The Morgan fingerprint density at radius 1 is 1.24 bits per heavy atom. The molecule has 25 heavy (non-hydrogen) atoms. The molecule has 138 valence electrons. The van der Waals surface area contributed by atoms with E-state index in [2.05, 4.69) is 10.3 Å². The number of methoxy groups -OCH3 is 1. The molecule has 8 heteroatoms. The van der Waals surface area contributed by atoms with Gasteiger partial charge in [-0.25, -0.2) is 4.98 Å². The number of hydrogen-bond donors (Lipinski definition) is 1. The van der Waals surface area contributed by atoms with E-state index in [9.17, 15) is 14.4 Å². The molecule has 1 atom stereocenters. The summed E-state index contributed by atoms with van der Waals surface area (Å²) in [5.74, 6) is -1.38. The second kappa shape index (κ2) is 9.61. The van der Waals surface area contributed by atoms with Crippen LogP contribution in [0.25, 0.3) is 0 Å². The van der Waals surface area contributed by atoms with Crippen molar-refractivity contribution >= 4 is 17.8 Å². The molecule has 1 amide bonds. The number of rotatable bonds is 8. The van der Waals surface area contributed by atoms with E-state index in [4.69, 9.17) is 14.2 Å². The topological polar surface area (TPSA) is 104 Å². The van der Waals surface area contributed by atoms with Gasteiger partial charge >= 0.3 is 11.9 Å². The number of amides is 1. The summed E-state index contributed by atoms with van der Waals surface area (Å²) < 4.78 is 15.3. The lowest BCUT2D eigenvalue weighted by molar-refractivity contribution is -0.147. The number of ether oxygens (including phenoxy) is 3. The van der Waals surface area contributed by atoms with E-state index in [0.29, 0.717) is 5.92 Å². The Hall–Kier alpha value is -2.64. The number of nitrogens with one attached hydrogen (secondary N) is 1. The zero-order valence-electron chi connectivity index (χ0n) is 15.1. The van der Waals surface area contributed by atoms with E-state index in [1.165, 1.54) is 26.3 Å². The van der Waals surface area contributed by atoms with Gasteiger partial charge in [0.05, 0.1) is 13.2 Å². The Morgan fingerprint density at radius 2 is 1.92 bits per heavy atom. The standard InChI is InChI=1S/C17H24N2O6/c1-10(2)8-11(3)24-14(21)9-19-17(22)15-16(25-12(4)20)13(23-5)6-7-18-15/h6-7,10-11H,8-9H2,1-5H3,(H,19,22). The molecule has 0 aliphatic carbocycles. The zero-order chi connectivity index (χ0) is 19.0. The van der Waals surface area contributed by atoms with Gasteiger partial charge in [-0.3, -0.25) is 14.4 Å². The Morgan fingerprint density at radius 3 is 2.48 bits per heavy atom. The van der Waals surface area contributed by atoms with Gasteiger partial charge in [-0.2, -0.15) is 0 Å². The van der Waals surface area contributed by atoms with Crippen molar-refractivity contribution in [1.29, 1.82) is 0 Å². The molecule has 1 unspecified atom stereocenters. The van der Waals surface area contributed by atoms with Crippen molar-refractivity contribution in [3.05, 3.63) is 18.0 Å². The third-order valence-corrected chi connectivity index (χ3v) is 3.08. The third kappa shape index (κ3) is 6.78. The van der Waals surface area contributed by atoms with Gasteiger partial charge in [0.15, 0.2) is 11.4 Å². The van der Waals surface area contributed by atoms with Crippen molar-refractivity contribution in [3.63, 3.8) is 0 Å². The molecule has 0 aromatic carbocycles. The highest BCUT2D eigenvalue weighted by Gasteiger charge is 2.21. The van der Waals surface area contributed by atoms with Crippen LogP contribution in [-0.2, 0) is 14.3 Å². The Labute approximate surface area is 146 Å². The summed E-state index contributed by atoms with van der Waals surface area (Å²) in [6, 6.07) is 1.46. The SMILES string of the molecule is COc1ccnc(C(=O)NCC(=O)OC(C)CC(C)C)c1OC(C)=O. The number of esters is 2. The number of nitrogens with zero attached hydrogens (tertiary/aromatic N) is 1. The molecule has 1 aromatic heterocycles. The Balaban J connectivity index is 2.74. The van der Waals surface area contributed by atoms with E-state index in [0.717, 1.165) is 6.42 Å². The minimum atomic E-state index is -0.677. The minimum Gasteiger partial charge on any atom is -0.493 e. The molecule has 0 radical (unpaired) electrons. The van der Waals surface area contributed by atoms with Gasteiger partial charge in [-0.05, 0) is 19.3 Å². The van der Waals surface area contributed by atoms with Gasteiger partial charge in [-0.1, -0.05) is 13.8 Å². The molecule has 1 rings (SSSR count). The first-order valence-electron chi connectivity index (χ1n) is 7.93. The highest BCUT2D eigenvalue weighted by molar-refractivity contribution is 5.98. The van der Waals surface area contributed by atoms with E-state index in [1.54, 1.807) is 6.92 Å². The van der Waals surface area contributed by atoms with Crippen LogP contribution in [-0.4, -0.2) is 42.6 Å². The fraction of sp³-hybridized carbons (Fsp3) is 0.529. The summed E-state index contributed by atoms with van der Waals surface area (Å²) in [4.78, 5) is 39.2. The minimum absolute atomic E-state index is 0.100. The number of carbonyl (C=O) groups is 3. The van der Waals surface area contributed by atoms with Gasteiger partial charge in [-0.15, -0.1) is 0 Å². The predicted octanol–water partition coefficient (Wildman–Crippen LogP) is 1.72. The summed E-state index contributed by atoms with van der Waals surface area (Å²) in [5.41, 5.74) is -0.155. The summed E-state index contributed by atoms with van der Waals surface area (Å²) >= 11 is 0. The largest absolute Gasteiger partial charge is 0.493 e. The Kier molecular flexibility index (Phi) is 7.84. The lowest BCUT2D eigenvalue weighted by Crippen LogP contribution is -2.33. The van der Waals surface area contributed by atoms with Crippen molar-refractivity contribution in [2.75, 3.05) is 13.7 Å². The molecule has 0 spiro atoms. The maximum atomic E-state index is 12.3. The third-order valence-electron chi connectivity index (χ3n) is 3.08. The first-order valence-corrected chi connectivity index (χ1v) is 7.93. The van der Waals surface area contributed by atoms with Crippen LogP contribution < -0.4 is 14.8 Å². The second-order valence-electron chi connectivity index (χ2n) is 5.90. The van der Waals surface area contributed by atoms with Gasteiger partial charge < -0.3 is 19.5 Å². The van der Waals surface area contributed by atoms with Crippen molar-refractivity contribution in [2.45, 2.75) is 40.2 Å². The molecule has 0 aliphatic heterocycles. The molecule has 1 heterocycles. The summed E-state index contributed by atoms with van der Waals surface area (Å²) in [5, 5.41) is 2.40. The van der Waals surface area contributed by atoms with Crippen molar-refractivity contribution in [1.82, 2.24) is 10.3 Å². The summed E-state index contributed by atoms with van der Waals surface area (Å²) in [7, 11) is 1.37. The molecular weight excluding hydrogens is 328 g/mol. The summed E-state index contributed by atoms with van der Waals surface area (Å²) in [6.07, 6.45) is 1.83. The van der Waals surface area contributed by atoms with Gasteiger partial charge in [0.25, 0.3) is 5.91 Å². The zero-order valence-corrected chi connectivity index (χ0v) is 15.1. The highest BCUT2D eigenvalue weighted by Crippen LogP contribution is 2.29. The summed E-state index contributed by atoms with van der Waals surface area (Å²) in [6.45, 7) is 6.72. The van der Waals surface area contributed by atoms with E-state index in [-0.39, 0.29) is 29.8 Å². The quantitative estimate of drug-likeness (QED) is 0.710. The molecule has 0 saturated carbocycles. The monoisotopic (exact) mass is 352 g/mol. The molecule has 0 saturated heterocycles. The van der Waals surface area contributed by atoms with Crippen molar-refractivity contribution < 1.29 is 28.6 Å². The normalized spacial score (nSPS) is 11.6. The maximum absolute atomic E-state index is 12.3. The lowest BCUT2D eigenvalue weighted by atomic mass is 10.1. The second-order valence-corrected chi connectivity index (χ2v) is 5.90. The first-order chi connectivity index (χ1) is 11.7. The van der Waals surface area contributed by atoms with Crippen LogP contribution >= 0.6 is 0 Å². The number of carbonyl (C=O) groups excluding carboxylic acids is 3. The molecule has 8 nitrogen and oxygen atoms in total. The Bertz CT molecular complexity index is 630. The molecular formula is C17H24N2O6. The highest BCUT2D eigenvalue weighted by atomic mass is 16.6. The van der Waals surface area contributed by atoms with Crippen LogP contribution in [0.15, 0.2) is 12.3 Å². The molecule has 1 N–H and O–H groups in total. The molecule has 0 bridgehead atoms. The first kappa shape index (κ1) is 20.4. The number of hydrogen-bond acceptors (Lipinski definition) is 7. The average molecular weight is 352 g/mol. The number of aromatic nitrogens is 1. The fourth-order valence-corrected chi connectivity index (χ4v) is 2.21. The van der Waals surface area contributed by atoms with Crippen molar-refractivity contribution in [2.24, 2.45) is 5.92 Å². The van der Waals surface area contributed by atoms with Crippen LogP contribution in [0.5, 0.6) is 11.5 Å². The molecule has 1 aromatic rings. The van der Waals surface area contributed by atoms with Gasteiger partial charge in [0, 0.05) is 19.2 Å². The lowest BCUT2D eigenvalue weighted by Gasteiger charge is -2.15. The number of pyridine rings is 1. The van der Waals surface area contributed by atoms with Crippen LogP contribution in [0.2, 0.25) is 0 Å². The van der Waals surface area contributed by atoms with Gasteiger partial charge in [0.2, 0.25) is 5.75 Å². The fourth-order valence-electron chi connectivity index (χ4n) is 2.21. The smallest absolute Gasteiger partial charge is 0.325 e. The predicted molar refractivity (Wildman–Crippen MR) is 89.4 cm³/mol.